The Bertz CT molecular complexity index is 70.6. The molecule has 0 amide bonds. The summed E-state index contributed by atoms with van der Waals surface area (Å²) in [5.74, 6) is 2.73. The zero-order valence-electron chi connectivity index (χ0n) is 6.59. The molecule has 1 saturated carbocycles. The molecule has 0 bridgehead atoms. The summed E-state index contributed by atoms with van der Waals surface area (Å²) in [6.07, 6.45) is 3.78. The van der Waals surface area contributed by atoms with E-state index in [1.807, 2.05) is 0 Å². The maximum Gasteiger partial charge on any atom is 0 e. The second-order valence-electron chi connectivity index (χ2n) is 3.17. The molecule has 0 aliphatic heterocycles. The Labute approximate surface area is 83.7 Å². The molecule has 0 N–H and O–H groups in total. The zero-order valence-corrected chi connectivity index (χ0v) is 9.43. The van der Waals surface area contributed by atoms with Crippen LogP contribution in [0.15, 0.2) is 0 Å². The van der Waals surface area contributed by atoms with Crippen LogP contribution in [0.4, 0.5) is 0 Å². The van der Waals surface area contributed by atoms with Gasteiger partial charge >= 0.3 is 0 Å². The summed E-state index contributed by atoms with van der Waals surface area (Å²) in [5.41, 5.74) is 0. The molecule has 1 rings (SSSR count). The van der Waals surface area contributed by atoms with E-state index in [-0.39, 0.29) is 32.7 Å². The standard InChI is InChI=1S/C8H15.Y/c1-6-4-5-7(2)8(6)3;/h4,6-8H,5H2,1-3H3;/q-1;. The van der Waals surface area contributed by atoms with Gasteiger partial charge in [0.05, 0.1) is 0 Å². The summed E-state index contributed by atoms with van der Waals surface area (Å²) in [4.78, 5) is 0. The molecule has 0 aromatic heterocycles. The summed E-state index contributed by atoms with van der Waals surface area (Å²) >= 11 is 0. The molecule has 0 nitrogen and oxygen atoms in total. The van der Waals surface area contributed by atoms with Crippen molar-refractivity contribution in [3.63, 3.8) is 0 Å². The Kier molecular flexibility index (Phi) is 4.58. The molecule has 3 unspecified atom stereocenters. The SMILES string of the molecule is CC1[CH-]CC(C)C1C.[Y]. The van der Waals surface area contributed by atoms with Crippen molar-refractivity contribution >= 4 is 0 Å². The van der Waals surface area contributed by atoms with Crippen LogP contribution in [0, 0.1) is 24.2 Å². The first-order valence-electron chi connectivity index (χ1n) is 3.55. The van der Waals surface area contributed by atoms with Gasteiger partial charge in [0.25, 0.3) is 0 Å². The maximum atomic E-state index is 2.44. The molecule has 0 aromatic rings. The molecule has 1 radical (unpaired) electrons. The molecule has 51 valence electrons. The first kappa shape index (κ1) is 10.1. The minimum Gasteiger partial charge on any atom is -0.325 e. The van der Waals surface area contributed by atoms with Crippen molar-refractivity contribution in [2.24, 2.45) is 17.8 Å². The van der Waals surface area contributed by atoms with Crippen LogP contribution in [0.1, 0.15) is 27.2 Å². The summed E-state index contributed by atoms with van der Waals surface area (Å²) in [5, 5.41) is 0. The average Bonchev–Trinajstić information content (AvgIpc) is 1.98. The summed E-state index contributed by atoms with van der Waals surface area (Å²) in [7, 11) is 0. The third kappa shape index (κ3) is 2.31. The van der Waals surface area contributed by atoms with E-state index in [0.717, 1.165) is 17.8 Å². The van der Waals surface area contributed by atoms with Gasteiger partial charge in [-0.2, -0.15) is 12.3 Å². The van der Waals surface area contributed by atoms with Crippen LogP contribution in [0.2, 0.25) is 0 Å². The van der Waals surface area contributed by atoms with Crippen LogP contribution in [0.3, 0.4) is 0 Å². The normalized spacial score (nSPS) is 42.3. The fraction of sp³-hybridized carbons (Fsp3) is 0.875. The van der Waals surface area contributed by atoms with E-state index in [0.29, 0.717) is 0 Å². The quantitative estimate of drug-likeness (QED) is 0.527. The third-order valence-corrected chi connectivity index (χ3v) is 2.61. The van der Waals surface area contributed by atoms with E-state index in [1.165, 1.54) is 6.42 Å². The van der Waals surface area contributed by atoms with Crippen LogP contribution in [0.25, 0.3) is 0 Å². The Hall–Kier alpha value is 1.10. The Morgan fingerprint density at radius 3 is 1.89 bits per heavy atom. The van der Waals surface area contributed by atoms with E-state index in [1.54, 1.807) is 0 Å². The van der Waals surface area contributed by atoms with Gasteiger partial charge in [-0.3, -0.25) is 0 Å². The van der Waals surface area contributed by atoms with Gasteiger partial charge in [-0.25, -0.2) is 0 Å². The fourth-order valence-corrected chi connectivity index (χ4v) is 1.38. The number of hydrogen-bond donors (Lipinski definition) is 0. The molecular formula is C8H15Y-. The molecule has 0 saturated heterocycles. The molecule has 0 aromatic carbocycles. The molecule has 1 aliphatic carbocycles. The second-order valence-corrected chi connectivity index (χ2v) is 3.17. The van der Waals surface area contributed by atoms with Crippen LogP contribution in [-0.2, 0) is 32.7 Å². The van der Waals surface area contributed by atoms with Crippen LogP contribution >= 0.6 is 0 Å². The van der Waals surface area contributed by atoms with E-state index in [9.17, 15) is 0 Å². The van der Waals surface area contributed by atoms with Gasteiger partial charge in [-0.05, 0) is 0 Å². The van der Waals surface area contributed by atoms with Crippen LogP contribution in [0.5, 0.6) is 0 Å². The molecule has 1 aliphatic rings. The first-order valence-corrected chi connectivity index (χ1v) is 3.55. The molecule has 1 fully saturated rings. The van der Waals surface area contributed by atoms with Crippen molar-refractivity contribution in [1.29, 1.82) is 0 Å². The van der Waals surface area contributed by atoms with Gasteiger partial charge in [0.1, 0.15) is 0 Å². The third-order valence-electron chi connectivity index (χ3n) is 2.61. The second kappa shape index (κ2) is 4.08. The Balaban J connectivity index is 0.000000640. The molecule has 0 heterocycles. The predicted octanol–water partition coefficient (Wildman–Crippen LogP) is 2.50. The summed E-state index contributed by atoms with van der Waals surface area (Å²) in [6.45, 7) is 7.00. The van der Waals surface area contributed by atoms with Crippen molar-refractivity contribution in [3.05, 3.63) is 6.42 Å². The van der Waals surface area contributed by atoms with Crippen LogP contribution < -0.4 is 0 Å². The van der Waals surface area contributed by atoms with Crippen molar-refractivity contribution in [2.75, 3.05) is 0 Å². The smallest absolute Gasteiger partial charge is 0 e. The van der Waals surface area contributed by atoms with Gasteiger partial charge in [-0.1, -0.05) is 32.6 Å². The molecular weight excluding hydrogens is 185 g/mol. The Morgan fingerprint density at radius 2 is 1.78 bits per heavy atom. The molecule has 0 spiro atoms. The van der Waals surface area contributed by atoms with E-state index < -0.39 is 0 Å². The Morgan fingerprint density at radius 1 is 1.22 bits per heavy atom. The number of rotatable bonds is 0. The van der Waals surface area contributed by atoms with E-state index in [2.05, 4.69) is 27.2 Å². The average molecular weight is 200 g/mol. The molecule has 3 atom stereocenters. The van der Waals surface area contributed by atoms with Crippen molar-refractivity contribution in [2.45, 2.75) is 27.2 Å². The maximum absolute atomic E-state index is 2.44. The summed E-state index contributed by atoms with van der Waals surface area (Å²) < 4.78 is 0. The van der Waals surface area contributed by atoms with Crippen molar-refractivity contribution < 1.29 is 32.7 Å². The van der Waals surface area contributed by atoms with Gasteiger partial charge < -0.3 is 6.42 Å². The van der Waals surface area contributed by atoms with Gasteiger partial charge in [0.15, 0.2) is 0 Å². The zero-order chi connectivity index (χ0) is 6.15. The number of hydrogen-bond acceptors (Lipinski definition) is 0. The van der Waals surface area contributed by atoms with E-state index in [4.69, 9.17) is 0 Å². The largest absolute Gasteiger partial charge is 0.325 e. The van der Waals surface area contributed by atoms with E-state index >= 15 is 0 Å². The van der Waals surface area contributed by atoms with Gasteiger partial charge in [0, 0.05) is 32.7 Å². The van der Waals surface area contributed by atoms with Gasteiger partial charge in [0.2, 0.25) is 0 Å². The van der Waals surface area contributed by atoms with Crippen molar-refractivity contribution in [1.82, 2.24) is 0 Å². The topological polar surface area (TPSA) is 0 Å². The molecule has 9 heavy (non-hydrogen) atoms. The van der Waals surface area contributed by atoms with Gasteiger partial charge in [-0.15, -0.1) is 0 Å². The molecule has 1 heteroatoms. The minimum absolute atomic E-state index is 0. The fourth-order valence-electron chi connectivity index (χ4n) is 1.38. The van der Waals surface area contributed by atoms with Crippen LogP contribution in [-0.4, -0.2) is 0 Å². The van der Waals surface area contributed by atoms with Crippen molar-refractivity contribution in [3.8, 4) is 0 Å². The first-order chi connectivity index (χ1) is 3.72. The monoisotopic (exact) mass is 200 g/mol. The summed E-state index contributed by atoms with van der Waals surface area (Å²) in [6, 6.07) is 0. The predicted molar refractivity (Wildman–Crippen MR) is 36.4 cm³/mol. The minimum atomic E-state index is 0.